The van der Waals surface area contributed by atoms with Crippen LogP contribution in [0, 0.1) is 0 Å². The van der Waals surface area contributed by atoms with Crippen molar-refractivity contribution in [3.05, 3.63) is 12.2 Å². The van der Waals surface area contributed by atoms with Gasteiger partial charge in [-0.15, -0.1) is 0 Å². The van der Waals surface area contributed by atoms with Crippen LogP contribution in [0.25, 0.3) is 0 Å². The molecule has 0 bridgehead atoms. The number of unbranched alkanes of at least 4 members (excludes halogenated alkanes) is 3. The van der Waals surface area contributed by atoms with Crippen molar-refractivity contribution >= 4 is 12.0 Å². The van der Waals surface area contributed by atoms with Gasteiger partial charge in [0.15, 0.2) is 0 Å². The molecule has 0 saturated heterocycles. The summed E-state index contributed by atoms with van der Waals surface area (Å²) in [6.07, 6.45) is 8.79. The molecule has 1 aliphatic rings. The van der Waals surface area contributed by atoms with Gasteiger partial charge in [0.25, 0.3) is 0 Å². The summed E-state index contributed by atoms with van der Waals surface area (Å²) < 4.78 is 0. The Morgan fingerprint density at radius 1 is 1.17 bits per heavy atom. The number of nitrogens with zero attached hydrogens (tertiary/aromatic N) is 1. The number of carboxylic acid groups (broad SMARTS) is 1. The number of aliphatic carboxylic acids is 1. The van der Waals surface area contributed by atoms with Crippen LogP contribution >= 0.6 is 0 Å². The number of nitrogens with one attached hydrogen (secondary N) is 1. The van der Waals surface area contributed by atoms with Gasteiger partial charge in [-0.25, -0.2) is 4.79 Å². The topological polar surface area (TPSA) is 69.6 Å². The van der Waals surface area contributed by atoms with Crippen LogP contribution in [-0.4, -0.2) is 41.6 Å². The minimum atomic E-state index is -0.735. The summed E-state index contributed by atoms with van der Waals surface area (Å²) in [6, 6.07) is 0.00452. The van der Waals surface area contributed by atoms with E-state index in [1.165, 1.54) is 0 Å². The fraction of sp³-hybridized carbons (Fsp3) is 0.692. The van der Waals surface area contributed by atoms with Gasteiger partial charge >= 0.3 is 12.0 Å². The fourth-order valence-electron chi connectivity index (χ4n) is 1.89. The lowest BCUT2D eigenvalue weighted by molar-refractivity contribution is -0.137. The standard InChI is InChI=1S/C13H22N2O3/c16-12(17)8-4-1-2-5-9-14-13(18)15-10-6-3-7-11-15/h3,6H,1-2,4-5,7-11H2,(H,14,18)(H,16,17). The molecule has 0 aromatic heterocycles. The molecule has 5 heteroatoms. The zero-order valence-corrected chi connectivity index (χ0v) is 10.7. The first-order valence-corrected chi connectivity index (χ1v) is 6.59. The van der Waals surface area contributed by atoms with Gasteiger partial charge in [-0.3, -0.25) is 4.79 Å². The average Bonchev–Trinajstić information content (AvgIpc) is 2.38. The Morgan fingerprint density at radius 2 is 1.94 bits per heavy atom. The van der Waals surface area contributed by atoms with Crippen molar-refractivity contribution in [3.63, 3.8) is 0 Å². The Hall–Kier alpha value is -1.52. The van der Waals surface area contributed by atoms with E-state index in [0.29, 0.717) is 13.1 Å². The molecule has 0 aromatic rings. The first-order valence-electron chi connectivity index (χ1n) is 6.59. The molecular weight excluding hydrogens is 232 g/mol. The number of amides is 2. The highest BCUT2D eigenvalue weighted by molar-refractivity contribution is 5.74. The molecule has 1 aliphatic heterocycles. The summed E-state index contributed by atoms with van der Waals surface area (Å²) in [5.74, 6) is -0.735. The third-order valence-corrected chi connectivity index (χ3v) is 2.94. The number of hydrogen-bond donors (Lipinski definition) is 2. The predicted octanol–water partition coefficient (Wildman–Crippen LogP) is 1.99. The van der Waals surface area contributed by atoms with Crippen molar-refractivity contribution in [1.29, 1.82) is 0 Å². The maximum Gasteiger partial charge on any atom is 0.317 e. The Balaban J connectivity index is 1.95. The minimum Gasteiger partial charge on any atom is -0.481 e. The Morgan fingerprint density at radius 3 is 2.61 bits per heavy atom. The molecule has 0 spiro atoms. The maximum absolute atomic E-state index is 11.7. The van der Waals surface area contributed by atoms with E-state index in [2.05, 4.69) is 11.4 Å². The molecule has 0 unspecified atom stereocenters. The smallest absolute Gasteiger partial charge is 0.317 e. The van der Waals surface area contributed by atoms with Crippen LogP contribution in [-0.2, 0) is 4.79 Å². The SMILES string of the molecule is O=C(O)CCCCCCNC(=O)N1CC=CCC1. The molecule has 1 heterocycles. The van der Waals surface area contributed by atoms with E-state index >= 15 is 0 Å². The summed E-state index contributed by atoms with van der Waals surface area (Å²) in [5, 5.41) is 11.4. The van der Waals surface area contributed by atoms with Gasteiger partial charge in [-0.05, 0) is 19.3 Å². The highest BCUT2D eigenvalue weighted by atomic mass is 16.4. The Bertz CT molecular complexity index is 303. The third-order valence-electron chi connectivity index (χ3n) is 2.94. The molecule has 0 fully saturated rings. The van der Waals surface area contributed by atoms with E-state index < -0.39 is 5.97 Å². The molecular formula is C13H22N2O3. The zero-order chi connectivity index (χ0) is 13.2. The molecule has 0 atom stereocenters. The van der Waals surface area contributed by atoms with Crippen LogP contribution in [0.4, 0.5) is 4.79 Å². The van der Waals surface area contributed by atoms with Gasteiger partial charge in [0.05, 0.1) is 0 Å². The molecule has 2 amide bonds. The van der Waals surface area contributed by atoms with Gasteiger partial charge in [0.1, 0.15) is 0 Å². The van der Waals surface area contributed by atoms with Crippen LogP contribution < -0.4 is 5.32 Å². The van der Waals surface area contributed by atoms with Crippen LogP contribution in [0.15, 0.2) is 12.2 Å². The number of carbonyl (C=O) groups is 2. The third kappa shape index (κ3) is 6.27. The van der Waals surface area contributed by atoms with Crippen molar-refractivity contribution in [1.82, 2.24) is 10.2 Å². The average molecular weight is 254 g/mol. The molecule has 0 aliphatic carbocycles. The van der Waals surface area contributed by atoms with Gasteiger partial charge in [0, 0.05) is 26.1 Å². The van der Waals surface area contributed by atoms with Crippen molar-refractivity contribution < 1.29 is 14.7 Å². The lowest BCUT2D eigenvalue weighted by Gasteiger charge is -2.23. The second-order valence-corrected chi connectivity index (χ2v) is 4.50. The lowest BCUT2D eigenvalue weighted by Crippen LogP contribution is -2.41. The summed E-state index contributed by atoms with van der Waals surface area (Å²) in [7, 11) is 0. The molecule has 0 radical (unpaired) electrons. The molecule has 18 heavy (non-hydrogen) atoms. The van der Waals surface area contributed by atoms with E-state index in [1.807, 2.05) is 6.08 Å². The van der Waals surface area contributed by atoms with Crippen molar-refractivity contribution in [2.45, 2.75) is 38.5 Å². The minimum absolute atomic E-state index is 0.00452. The van der Waals surface area contributed by atoms with Gasteiger partial charge in [-0.1, -0.05) is 25.0 Å². The van der Waals surface area contributed by atoms with E-state index in [9.17, 15) is 9.59 Å². The van der Waals surface area contributed by atoms with Gasteiger partial charge in [0.2, 0.25) is 0 Å². The van der Waals surface area contributed by atoms with E-state index in [-0.39, 0.29) is 12.5 Å². The number of urea groups is 1. The largest absolute Gasteiger partial charge is 0.481 e. The molecule has 5 nitrogen and oxygen atoms in total. The zero-order valence-electron chi connectivity index (χ0n) is 10.7. The first-order chi connectivity index (χ1) is 8.70. The van der Waals surface area contributed by atoms with Crippen molar-refractivity contribution in [2.75, 3.05) is 19.6 Å². The maximum atomic E-state index is 11.7. The first kappa shape index (κ1) is 14.5. The quantitative estimate of drug-likeness (QED) is 0.539. The van der Waals surface area contributed by atoms with Gasteiger partial charge < -0.3 is 15.3 Å². The van der Waals surface area contributed by atoms with E-state index in [4.69, 9.17) is 5.11 Å². The summed E-state index contributed by atoms with van der Waals surface area (Å²) in [6.45, 7) is 2.16. The summed E-state index contributed by atoms with van der Waals surface area (Å²) in [4.78, 5) is 23.8. The van der Waals surface area contributed by atoms with Crippen LogP contribution in [0.3, 0.4) is 0 Å². The molecule has 0 aromatic carbocycles. The van der Waals surface area contributed by atoms with Gasteiger partial charge in [-0.2, -0.15) is 0 Å². The van der Waals surface area contributed by atoms with Crippen LogP contribution in [0.2, 0.25) is 0 Å². The van der Waals surface area contributed by atoms with Crippen LogP contribution in [0.1, 0.15) is 38.5 Å². The second-order valence-electron chi connectivity index (χ2n) is 4.50. The summed E-state index contributed by atoms with van der Waals surface area (Å²) >= 11 is 0. The normalized spacial score (nSPS) is 14.6. The monoisotopic (exact) mass is 254 g/mol. The number of rotatable bonds is 7. The van der Waals surface area contributed by atoms with Crippen molar-refractivity contribution in [3.8, 4) is 0 Å². The highest BCUT2D eigenvalue weighted by Crippen LogP contribution is 2.03. The molecule has 0 saturated carbocycles. The number of carbonyl (C=O) groups excluding carboxylic acids is 1. The highest BCUT2D eigenvalue weighted by Gasteiger charge is 2.12. The van der Waals surface area contributed by atoms with Crippen molar-refractivity contribution in [2.24, 2.45) is 0 Å². The molecule has 102 valence electrons. The lowest BCUT2D eigenvalue weighted by atomic mass is 10.1. The summed E-state index contributed by atoms with van der Waals surface area (Å²) in [5.41, 5.74) is 0. The Labute approximate surface area is 108 Å². The molecule has 2 N–H and O–H groups in total. The van der Waals surface area contributed by atoms with E-state index in [0.717, 1.165) is 38.6 Å². The predicted molar refractivity (Wildman–Crippen MR) is 69.4 cm³/mol. The van der Waals surface area contributed by atoms with Crippen LogP contribution in [0.5, 0.6) is 0 Å². The molecule has 1 rings (SSSR count). The second kappa shape index (κ2) is 8.55. The van der Waals surface area contributed by atoms with E-state index in [1.54, 1.807) is 4.90 Å². The number of hydrogen-bond acceptors (Lipinski definition) is 2. The fourth-order valence-corrected chi connectivity index (χ4v) is 1.89. The number of carboxylic acids is 1. The Kier molecular flexibility index (Phi) is 6.91.